The number of fused-ring (bicyclic) bond motifs is 1. The Hall–Kier alpha value is -3.53. The number of carbonyl (C=O) groups is 4. The second kappa shape index (κ2) is 9.83. The van der Waals surface area contributed by atoms with Crippen LogP contribution in [-0.4, -0.2) is 62.1 Å². The van der Waals surface area contributed by atoms with Gasteiger partial charge in [0.05, 0.1) is 29.0 Å². The van der Waals surface area contributed by atoms with E-state index < -0.39 is 23.8 Å². The molecule has 1 atom stereocenters. The normalized spacial score (nSPS) is 30.2. The molecule has 2 aliphatic heterocycles. The summed E-state index contributed by atoms with van der Waals surface area (Å²) >= 11 is 0. The SMILES string of the molecule is O=C1CCC(N2C(=O)c3cccc(NCC4CC(n5cc(C6CCC(O)CC6)c(C6CC6)n5)C4)c3C2=O)C(=O)N1. The van der Waals surface area contributed by atoms with Crippen LogP contribution in [0.1, 0.15) is 114 Å². The van der Waals surface area contributed by atoms with Crippen LogP contribution in [0, 0.1) is 5.92 Å². The summed E-state index contributed by atoms with van der Waals surface area (Å²) in [4.78, 5) is 51.4. The molecule has 3 aliphatic carbocycles. The van der Waals surface area contributed by atoms with Gasteiger partial charge in [0.1, 0.15) is 6.04 Å². The Labute approximate surface area is 232 Å². The average Bonchev–Trinajstić information content (AvgIpc) is 3.62. The van der Waals surface area contributed by atoms with E-state index in [9.17, 15) is 24.3 Å². The van der Waals surface area contributed by atoms with E-state index >= 15 is 0 Å². The molecule has 1 saturated heterocycles. The predicted octanol–water partition coefficient (Wildman–Crippen LogP) is 3.24. The molecule has 40 heavy (non-hydrogen) atoms. The summed E-state index contributed by atoms with van der Waals surface area (Å²) in [6.45, 7) is 0.678. The summed E-state index contributed by atoms with van der Waals surface area (Å²) < 4.78 is 2.19. The molecule has 10 nitrogen and oxygen atoms in total. The minimum atomic E-state index is -0.969. The highest BCUT2D eigenvalue weighted by Crippen LogP contribution is 2.47. The fourth-order valence-electron chi connectivity index (χ4n) is 6.98. The summed E-state index contributed by atoms with van der Waals surface area (Å²) in [6, 6.07) is 4.56. The van der Waals surface area contributed by atoms with E-state index in [0.717, 1.165) is 43.4 Å². The van der Waals surface area contributed by atoms with Crippen molar-refractivity contribution in [2.45, 2.75) is 94.2 Å². The number of rotatable bonds is 7. The lowest BCUT2D eigenvalue weighted by Gasteiger charge is -2.36. The number of carbonyl (C=O) groups excluding carboxylic acids is 4. The first-order valence-electron chi connectivity index (χ1n) is 14.7. The van der Waals surface area contributed by atoms with Gasteiger partial charge in [0.2, 0.25) is 11.8 Å². The number of imide groups is 2. The third-order valence-corrected chi connectivity index (χ3v) is 9.53. The third-order valence-electron chi connectivity index (χ3n) is 9.53. The smallest absolute Gasteiger partial charge is 0.264 e. The van der Waals surface area contributed by atoms with Crippen LogP contribution in [0.25, 0.3) is 0 Å². The number of piperidine rings is 1. The maximum atomic E-state index is 13.3. The highest BCUT2D eigenvalue weighted by molar-refractivity contribution is 6.25. The van der Waals surface area contributed by atoms with Crippen molar-refractivity contribution < 1.29 is 24.3 Å². The molecule has 1 aromatic heterocycles. The van der Waals surface area contributed by atoms with Crippen LogP contribution in [0.4, 0.5) is 5.69 Å². The maximum absolute atomic E-state index is 13.3. The number of nitrogens with zero attached hydrogens (tertiary/aromatic N) is 3. The lowest BCUT2D eigenvalue weighted by molar-refractivity contribution is -0.136. The van der Waals surface area contributed by atoms with E-state index in [1.165, 1.54) is 24.1 Å². The van der Waals surface area contributed by atoms with Crippen LogP contribution < -0.4 is 10.6 Å². The minimum absolute atomic E-state index is 0.0987. The Balaban J connectivity index is 0.998. The summed E-state index contributed by atoms with van der Waals surface area (Å²) in [5.41, 5.74) is 3.88. The van der Waals surface area contributed by atoms with E-state index in [0.29, 0.717) is 41.6 Å². The average molecular weight is 546 g/mol. The van der Waals surface area contributed by atoms with Crippen molar-refractivity contribution in [3.8, 4) is 0 Å². The zero-order valence-corrected chi connectivity index (χ0v) is 22.5. The van der Waals surface area contributed by atoms with Gasteiger partial charge in [0.25, 0.3) is 11.8 Å². The quantitative estimate of drug-likeness (QED) is 0.455. The van der Waals surface area contributed by atoms with E-state index in [2.05, 4.69) is 21.5 Å². The molecule has 210 valence electrons. The molecule has 3 saturated carbocycles. The largest absolute Gasteiger partial charge is 0.393 e. The van der Waals surface area contributed by atoms with Crippen LogP contribution >= 0.6 is 0 Å². The molecule has 3 heterocycles. The Morgan fingerprint density at radius 1 is 0.950 bits per heavy atom. The number of aliphatic hydroxyl groups is 1. The number of anilines is 1. The van der Waals surface area contributed by atoms with Gasteiger partial charge in [-0.05, 0) is 87.3 Å². The van der Waals surface area contributed by atoms with Crippen LogP contribution in [0.15, 0.2) is 24.4 Å². The van der Waals surface area contributed by atoms with Gasteiger partial charge >= 0.3 is 0 Å². The van der Waals surface area contributed by atoms with Crippen molar-refractivity contribution in [1.29, 1.82) is 0 Å². The Bertz CT molecular complexity index is 1380. The number of nitrogens with one attached hydrogen (secondary N) is 2. The molecule has 1 aromatic carbocycles. The molecule has 3 N–H and O–H groups in total. The van der Waals surface area contributed by atoms with Crippen LogP contribution in [-0.2, 0) is 9.59 Å². The second-order valence-corrected chi connectivity index (χ2v) is 12.3. The number of hydrogen-bond acceptors (Lipinski definition) is 7. The molecule has 0 spiro atoms. The van der Waals surface area contributed by atoms with Crippen molar-refractivity contribution in [3.63, 3.8) is 0 Å². The van der Waals surface area contributed by atoms with Gasteiger partial charge in [-0.15, -0.1) is 0 Å². The number of aromatic nitrogens is 2. The third kappa shape index (κ3) is 4.42. The highest BCUT2D eigenvalue weighted by Gasteiger charge is 2.46. The first kappa shape index (κ1) is 25.4. The monoisotopic (exact) mass is 545 g/mol. The molecule has 0 bridgehead atoms. The molecule has 2 aromatic rings. The number of benzene rings is 1. The van der Waals surface area contributed by atoms with Gasteiger partial charge in [-0.2, -0.15) is 5.10 Å². The summed E-state index contributed by atoms with van der Waals surface area (Å²) in [5, 5.41) is 20.7. The van der Waals surface area contributed by atoms with E-state index in [1.54, 1.807) is 18.2 Å². The molecular formula is C30H35N5O5. The molecule has 5 aliphatic rings. The molecule has 10 heteroatoms. The van der Waals surface area contributed by atoms with E-state index in [1.807, 2.05) is 0 Å². The van der Waals surface area contributed by atoms with E-state index in [-0.39, 0.29) is 30.4 Å². The van der Waals surface area contributed by atoms with Gasteiger partial charge in [-0.1, -0.05) is 6.07 Å². The number of amides is 4. The fraction of sp³-hybridized carbons (Fsp3) is 0.567. The molecule has 7 rings (SSSR count). The summed E-state index contributed by atoms with van der Waals surface area (Å²) in [5.74, 6) is -0.449. The first-order chi connectivity index (χ1) is 19.4. The van der Waals surface area contributed by atoms with Crippen molar-refractivity contribution in [2.24, 2.45) is 5.92 Å². The minimum Gasteiger partial charge on any atom is -0.393 e. The molecule has 0 radical (unpaired) electrons. The van der Waals surface area contributed by atoms with Gasteiger partial charge in [-0.3, -0.25) is 34.1 Å². The zero-order chi connectivity index (χ0) is 27.5. The van der Waals surface area contributed by atoms with Gasteiger partial charge in [0, 0.05) is 30.8 Å². The highest BCUT2D eigenvalue weighted by atomic mass is 16.3. The molecule has 4 fully saturated rings. The van der Waals surface area contributed by atoms with Crippen molar-refractivity contribution in [3.05, 3.63) is 46.8 Å². The van der Waals surface area contributed by atoms with Crippen LogP contribution in [0.5, 0.6) is 0 Å². The maximum Gasteiger partial charge on any atom is 0.264 e. The van der Waals surface area contributed by atoms with Gasteiger partial charge in [0.15, 0.2) is 0 Å². The molecule has 1 unspecified atom stereocenters. The van der Waals surface area contributed by atoms with Crippen molar-refractivity contribution >= 4 is 29.3 Å². The van der Waals surface area contributed by atoms with Crippen LogP contribution in [0.3, 0.4) is 0 Å². The second-order valence-electron chi connectivity index (χ2n) is 12.3. The predicted molar refractivity (Wildman–Crippen MR) is 145 cm³/mol. The van der Waals surface area contributed by atoms with E-state index in [4.69, 9.17) is 5.10 Å². The standard InChI is InChI=1S/C30H35N5O5/c36-20-8-6-17(7-9-20)22-15-34(33-27(22)18-4-5-18)19-12-16(13-19)14-31-23-3-1-2-21-26(23)30(40)35(29(21)39)24-10-11-25(37)32-28(24)38/h1-3,15-20,24,31,36H,4-14H2,(H,32,37,38). The number of hydrogen-bond donors (Lipinski definition) is 3. The summed E-state index contributed by atoms with van der Waals surface area (Å²) in [7, 11) is 0. The van der Waals surface area contributed by atoms with Crippen LogP contribution in [0.2, 0.25) is 0 Å². The first-order valence-corrected chi connectivity index (χ1v) is 14.7. The fourth-order valence-corrected chi connectivity index (χ4v) is 6.98. The van der Waals surface area contributed by atoms with Crippen molar-refractivity contribution in [2.75, 3.05) is 11.9 Å². The summed E-state index contributed by atoms with van der Waals surface area (Å²) in [6.07, 6.45) is 10.6. The Kier molecular flexibility index (Phi) is 6.25. The lowest BCUT2D eigenvalue weighted by Crippen LogP contribution is -2.54. The van der Waals surface area contributed by atoms with Crippen molar-refractivity contribution in [1.82, 2.24) is 20.0 Å². The van der Waals surface area contributed by atoms with Gasteiger partial charge < -0.3 is 10.4 Å². The Morgan fingerprint density at radius 2 is 1.70 bits per heavy atom. The number of aliphatic hydroxyl groups excluding tert-OH is 1. The topological polar surface area (TPSA) is 134 Å². The molecular weight excluding hydrogens is 510 g/mol. The lowest BCUT2D eigenvalue weighted by atomic mass is 9.80. The Morgan fingerprint density at radius 3 is 2.42 bits per heavy atom. The zero-order valence-electron chi connectivity index (χ0n) is 22.5. The molecule has 4 amide bonds. The van der Waals surface area contributed by atoms with Gasteiger partial charge in [-0.25, -0.2) is 0 Å².